The molecule has 2 aromatic carbocycles. The minimum atomic E-state index is 0.257. The number of hydrogen-bond acceptors (Lipinski definition) is 2. The van der Waals surface area contributed by atoms with E-state index in [4.69, 9.17) is 4.74 Å². The number of aryl methyl sites for hydroxylation is 1. The van der Waals surface area contributed by atoms with E-state index in [-0.39, 0.29) is 5.78 Å². The molecule has 0 heterocycles. The molecule has 0 amide bonds. The van der Waals surface area contributed by atoms with E-state index in [0.29, 0.717) is 13.0 Å². The fourth-order valence-electron chi connectivity index (χ4n) is 2.03. The molecule has 0 aromatic heterocycles. The van der Waals surface area contributed by atoms with Gasteiger partial charge in [-0.2, -0.15) is 0 Å². The molecule has 2 aromatic rings. The third-order valence-electron chi connectivity index (χ3n) is 3.17. The van der Waals surface area contributed by atoms with Crippen molar-refractivity contribution in [1.82, 2.24) is 0 Å². The number of hydrogen-bond donors (Lipinski definition) is 0. The van der Waals surface area contributed by atoms with Gasteiger partial charge in [-0.1, -0.05) is 42.5 Å². The first-order chi connectivity index (χ1) is 9.74. The van der Waals surface area contributed by atoms with Gasteiger partial charge < -0.3 is 9.53 Å². The highest BCUT2D eigenvalue weighted by molar-refractivity contribution is 5.75. The summed E-state index contributed by atoms with van der Waals surface area (Å²) >= 11 is 0. The van der Waals surface area contributed by atoms with E-state index in [1.165, 1.54) is 5.56 Å². The number of benzene rings is 2. The fraction of sp³-hybridized carbons (Fsp3) is 0.278. The molecule has 0 aliphatic rings. The molecule has 0 N–H and O–H groups in total. The van der Waals surface area contributed by atoms with Crippen LogP contribution in [0, 0.1) is 0 Å². The SMILES string of the molecule is CC(=O)CCCc1ccc(OCc2ccccc2)cc1. The van der Waals surface area contributed by atoms with Crippen LogP contribution < -0.4 is 4.74 Å². The van der Waals surface area contributed by atoms with Crippen LogP contribution in [0.4, 0.5) is 0 Å². The van der Waals surface area contributed by atoms with Gasteiger partial charge in [0.1, 0.15) is 18.1 Å². The summed E-state index contributed by atoms with van der Waals surface area (Å²) in [4.78, 5) is 10.9. The van der Waals surface area contributed by atoms with Crippen LogP contribution in [0.5, 0.6) is 5.75 Å². The minimum Gasteiger partial charge on any atom is -0.489 e. The van der Waals surface area contributed by atoms with Crippen molar-refractivity contribution in [2.75, 3.05) is 0 Å². The zero-order valence-electron chi connectivity index (χ0n) is 11.8. The van der Waals surface area contributed by atoms with E-state index in [1.54, 1.807) is 6.92 Å². The molecule has 0 aliphatic carbocycles. The average molecular weight is 268 g/mol. The van der Waals surface area contributed by atoms with Crippen molar-refractivity contribution in [3.05, 3.63) is 65.7 Å². The average Bonchev–Trinajstić information content (AvgIpc) is 2.47. The number of Topliss-reactive ketones (excluding diaryl/α,β-unsaturated/α-hetero) is 1. The highest BCUT2D eigenvalue weighted by atomic mass is 16.5. The molecule has 0 aliphatic heterocycles. The van der Waals surface area contributed by atoms with Gasteiger partial charge in [-0.25, -0.2) is 0 Å². The molecule has 0 bridgehead atoms. The second-order valence-corrected chi connectivity index (χ2v) is 4.97. The zero-order chi connectivity index (χ0) is 14.2. The summed E-state index contributed by atoms with van der Waals surface area (Å²) in [6, 6.07) is 18.2. The lowest BCUT2D eigenvalue weighted by molar-refractivity contribution is -0.117. The van der Waals surface area contributed by atoms with Crippen LogP contribution in [0.2, 0.25) is 0 Å². The molecule has 2 nitrogen and oxygen atoms in total. The van der Waals surface area contributed by atoms with Crippen LogP contribution in [-0.2, 0) is 17.8 Å². The number of carbonyl (C=O) groups excluding carboxylic acids is 1. The Morgan fingerprint density at radius 2 is 1.65 bits per heavy atom. The largest absolute Gasteiger partial charge is 0.489 e. The molecule has 0 spiro atoms. The van der Waals surface area contributed by atoms with Crippen molar-refractivity contribution in [2.45, 2.75) is 32.8 Å². The maximum Gasteiger partial charge on any atom is 0.129 e. The van der Waals surface area contributed by atoms with Crippen molar-refractivity contribution in [1.29, 1.82) is 0 Å². The van der Waals surface area contributed by atoms with Gasteiger partial charge in [0.25, 0.3) is 0 Å². The van der Waals surface area contributed by atoms with Crippen molar-refractivity contribution in [3.8, 4) is 5.75 Å². The normalized spacial score (nSPS) is 10.2. The fourth-order valence-corrected chi connectivity index (χ4v) is 2.03. The smallest absolute Gasteiger partial charge is 0.129 e. The third kappa shape index (κ3) is 4.88. The van der Waals surface area contributed by atoms with E-state index in [9.17, 15) is 4.79 Å². The molecule has 20 heavy (non-hydrogen) atoms. The molecule has 0 atom stereocenters. The van der Waals surface area contributed by atoms with Crippen molar-refractivity contribution >= 4 is 5.78 Å². The van der Waals surface area contributed by atoms with Gasteiger partial charge >= 0.3 is 0 Å². The molecule has 0 saturated heterocycles. The van der Waals surface area contributed by atoms with Crippen LogP contribution in [0.25, 0.3) is 0 Å². The molecular formula is C18H20O2. The van der Waals surface area contributed by atoms with Crippen LogP contribution in [-0.4, -0.2) is 5.78 Å². The molecule has 0 unspecified atom stereocenters. The predicted octanol–water partition coefficient (Wildman–Crippen LogP) is 4.18. The Morgan fingerprint density at radius 3 is 2.30 bits per heavy atom. The topological polar surface area (TPSA) is 26.3 Å². The molecule has 2 heteroatoms. The van der Waals surface area contributed by atoms with Gasteiger partial charge in [-0.05, 0) is 43.0 Å². The van der Waals surface area contributed by atoms with Crippen LogP contribution >= 0.6 is 0 Å². The predicted molar refractivity (Wildman–Crippen MR) is 80.8 cm³/mol. The molecule has 0 saturated carbocycles. The van der Waals surface area contributed by atoms with Crippen LogP contribution in [0.3, 0.4) is 0 Å². The van der Waals surface area contributed by atoms with Gasteiger partial charge in [-0.3, -0.25) is 0 Å². The number of carbonyl (C=O) groups is 1. The van der Waals surface area contributed by atoms with Gasteiger partial charge in [0.15, 0.2) is 0 Å². The summed E-state index contributed by atoms with van der Waals surface area (Å²) in [6.45, 7) is 2.23. The molecule has 2 rings (SSSR count). The van der Waals surface area contributed by atoms with Crippen LogP contribution in [0.15, 0.2) is 54.6 Å². The van der Waals surface area contributed by atoms with E-state index in [0.717, 1.165) is 24.2 Å². The zero-order valence-corrected chi connectivity index (χ0v) is 11.8. The molecule has 104 valence electrons. The lowest BCUT2D eigenvalue weighted by Crippen LogP contribution is -1.96. The molecular weight excluding hydrogens is 248 g/mol. The first-order valence-corrected chi connectivity index (χ1v) is 6.99. The van der Waals surface area contributed by atoms with E-state index >= 15 is 0 Å². The summed E-state index contributed by atoms with van der Waals surface area (Å²) in [7, 11) is 0. The summed E-state index contributed by atoms with van der Waals surface area (Å²) in [5.41, 5.74) is 2.41. The Hall–Kier alpha value is -2.09. The Bertz CT molecular complexity index is 529. The Morgan fingerprint density at radius 1 is 0.950 bits per heavy atom. The number of ether oxygens (including phenoxy) is 1. The monoisotopic (exact) mass is 268 g/mol. The summed E-state index contributed by atoms with van der Waals surface area (Å²) in [5, 5.41) is 0. The summed E-state index contributed by atoms with van der Waals surface area (Å²) < 4.78 is 5.74. The second-order valence-electron chi connectivity index (χ2n) is 4.97. The van der Waals surface area contributed by atoms with Gasteiger partial charge in [0.2, 0.25) is 0 Å². The lowest BCUT2D eigenvalue weighted by atomic mass is 10.1. The standard InChI is InChI=1S/C18H20O2/c1-15(19)6-5-9-16-10-12-18(13-11-16)20-14-17-7-3-2-4-8-17/h2-4,7-8,10-13H,5-6,9,14H2,1H3. The van der Waals surface area contributed by atoms with E-state index in [2.05, 4.69) is 24.3 Å². The number of rotatable bonds is 7. The van der Waals surface area contributed by atoms with Gasteiger partial charge in [-0.15, -0.1) is 0 Å². The van der Waals surface area contributed by atoms with Crippen LogP contribution in [0.1, 0.15) is 30.9 Å². The number of ketones is 1. The summed E-state index contributed by atoms with van der Waals surface area (Å²) in [5.74, 6) is 1.14. The minimum absolute atomic E-state index is 0.257. The summed E-state index contributed by atoms with van der Waals surface area (Å²) in [6.07, 6.45) is 2.52. The van der Waals surface area contributed by atoms with E-state index in [1.807, 2.05) is 30.3 Å². The lowest BCUT2D eigenvalue weighted by Gasteiger charge is -2.07. The van der Waals surface area contributed by atoms with Crippen molar-refractivity contribution in [3.63, 3.8) is 0 Å². The first-order valence-electron chi connectivity index (χ1n) is 6.99. The van der Waals surface area contributed by atoms with Crippen molar-refractivity contribution in [2.24, 2.45) is 0 Å². The maximum atomic E-state index is 10.9. The first kappa shape index (κ1) is 14.3. The maximum absolute atomic E-state index is 10.9. The van der Waals surface area contributed by atoms with Gasteiger partial charge in [0, 0.05) is 6.42 Å². The second kappa shape index (κ2) is 7.49. The molecule has 0 fully saturated rings. The Labute approximate surface area is 120 Å². The van der Waals surface area contributed by atoms with Gasteiger partial charge in [0.05, 0.1) is 0 Å². The van der Waals surface area contributed by atoms with E-state index < -0.39 is 0 Å². The third-order valence-corrected chi connectivity index (χ3v) is 3.17. The highest BCUT2D eigenvalue weighted by Gasteiger charge is 1.99. The molecule has 0 radical (unpaired) electrons. The van der Waals surface area contributed by atoms with Crippen molar-refractivity contribution < 1.29 is 9.53 Å². The quantitative estimate of drug-likeness (QED) is 0.753. The Kier molecular flexibility index (Phi) is 5.36. The highest BCUT2D eigenvalue weighted by Crippen LogP contribution is 2.15. The Balaban J connectivity index is 1.81.